The zero-order chi connectivity index (χ0) is 19.2. The summed E-state index contributed by atoms with van der Waals surface area (Å²) < 4.78 is 0. The van der Waals surface area contributed by atoms with Gasteiger partial charge in [0.15, 0.2) is 0 Å². The number of likely N-dealkylation sites (N-methyl/N-ethyl adjacent to an activating group) is 1. The van der Waals surface area contributed by atoms with Crippen molar-refractivity contribution in [2.75, 3.05) is 18.9 Å². The molecule has 1 aliphatic heterocycles. The van der Waals surface area contributed by atoms with Gasteiger partial charge in [0.2, 0.25) is 11.8 Å². The molecule has 0 atom stereocenters. The van der Waals surface area contributed by atoms with Gasteiger partial charge in [0, 0.05) is 37.8 Å². The van der Waals surface area contributed by atoms with Crippen LogP contribution in [0.2, 0.25) is 0 Å². The first-order valence-corrected chi connectivity index (χ1v) is 9.03. The minimum atomic E-state index is -0.205. The molecular formula is C21H23N3O3. The molecule has 0 spiro atoms. The van der Waals surface area contributed by atoms with E-state index in [1.807, 2.05) is 35.2 Å². The Labute approximate surface area is 158 Å². The molecule has 2 aromatic carbocycles. The van der Waals surface area contributed by atoms with Gasteiger partial charge in [-0.15, -0.1) is 0 Å². The van der Waals surface area contributed by atoms with Crippen LogP contribution >= 0.6 is 0 Å². The van der Waals surface area contributed by atoms with Crippen molar-refractivity contribution in [1.82, 2.24) is 10.2 Å². The molecule has 2 N–H and O–H groups in total. The van der Waals surface area contributed by atoms with Gasteiger partial charge in [0.25, 0.3) is 5.91 Å². The molecule has 6 heteroatoms. The topological polar surface area (TPSA) is 78.5 Å². The van der Waals surface area contributed by atoms with E-state index >= 15 is 0 Å². The van der Waals surface area contributed by atoms with E-state index in [9.17, 15) is 14.4 Å². The quantitative estimate of drug-likeness (QED) is 0.825. The van der Waals surface area contributed by atoms with Crippen LogP contribution in [0.25, 0.3) is 0 Å². The number of nitrogens with one attached hydrogen (secondary N) is 2. The molecular weight excluding hydrogens is 342 g/mol. The second-order valence-corrected chi connectivity index (χ2v) is 6.62. The molecule has 0 saturated carbocycles. The standard InChI is InChI=1S/C21H23N3O3/c1-22-19(25)13-15-7-9-18(10-8-15)23-21(27)17-5-2-4-16(12-17)14-24-11-3-6-20(24)26/h2,4-5,7-10,12H,3,6,11,13-14H2,1H3,(H,22,25)(H,23,27). The Balaban J connectivity index is 1.63. The highest BCUT2D eigenvalue weighted by molar-refractivity contribution is 6.04. The second-order valence-electron chi connectivity index (χ2n) is 6.62. The van der Waals surface area contributed by atoms with Crippen molar-refractivity contribution < 1.29 is 14.4 Å². The second kappa shape index (κ2) is 8.49. The first kappa shape index (κ1) is 18.6. The van der Waals surface area contributed by atoms with E-state index in [0.717, 1.165) is 24.1 Å². The summed E-state index contributed by atoms with van der Waals surface area (Å²) in [7, 11) is 1.60. The Morgan fingerprint density at radius 1 is 1.07 bits per heavy atom. The number of anilines is 1. The Morgan fingerprint density at radius 3 is 2.52 bits per heavy atom. The fraction of sp³-hybridized carbons (Fsp3) is 0.286. The van der Waals surface area contributed by atoms with Crippen LogP contribution in [0.15, 0.2) is 48.5 Å². The van der Waals surface area contributed by atoms with Crippen LogP contribution in [0.1, 0.15) is 34.3 Å². The van der Waals surface area contributed by atoms with E-state index in [-0.39, 0.29) is 17.7 Å². The lowest BCUT2D eigenvalue weighted by Crippen LogP contribution is -2.24. The van der Waals surface area contributed by atoms with Crippen LogP contribution < -0.4 is 10.6 Å². The van der Waals surface area contributed by atoms with Crippen LogP contribution in [0.4, 0.5) is 5.69 Å². The third kappa shape index (κ3) is 4.94. The molecule has 3 rings (SSSR count). The van der Waals surface area contributed by atoms with Gasteiger partial charge in [-0.25, -0.2) is 0 Å². The van der Waals surface area contributed by atoms with Gasteiger partial charge in [-0.2, -0.15) is 0 Å². The number of likely N-dealkylation sites (tertiary alicyclic amines) is 1. The lowest BCUT2D eigenvalue weighted by Gasteiger charge is -2.16. The molecule has 0 unspecified atom stereocenters. The van der Waals surface area contributed by atoms with Gasteiger partial charge in [-0.05, 0) is 41.8 Å². The van der Waals surface area contributed by atoms with Crippen LogP contribution in [0, 0.1) is 0 Å². The molecule has 0 radical (unpaired) electrons. The Morgan fingerprint density at radius 2 is 1.85 bits per heavy atom. The maximum atomic E-state index is 12.5. The van der Waals surface area contributed by atoms with Crippen molar-refractivity contribution in [2.24, 2.45) is 0 Å². The summed E-state index contributed by atoms with van der Waals surface area (Å²) in [6.07, 6.45) is 1.81. The highest BCUT2D eigenvalue weighted by atomic mass is 16.2. The van der Waals surface area contributed by atoms with E-state index in [2.05, 4.69) is 10.6 Å². The zero-order valence-electron chi connectivity index (χ0n) is 15.3. The van der Waals surface area contributed by atoms with Gasteiger partial charge in [0.05, 0.1) is 6.42 Å². The van der Waals surface area contributed by atoms with Gasteiger partial charge in [-0.3, -0.25) is 14.4 Å². The average molecular weight is 365 g/mol. The summed E-state index contributed by atoms with van der Waals surface area (Å²) in [6.45, 7) is 1.31. The molecule has 3 amide bonds. The van der Waals surface area contributed by atoms with Crippen molar-refractivity contribution in [3.63, 3.8) is 0 Å². The van der Waals surface area contributed by atoms with Crippen molar-refractivity contribution in [3.8, 4) is 0 Å². The van der Waals surface area contributed by atoms with Crippen LogP contribution in [-0.2, 0) is 22.6 Å². The summed E-state index contributed by atoms with van der Waals surface area (Å²) in [5.41, 5.74) is 3.04. The highest BCUT2D eigenvalue weighted by Gasteiger charge is 2.20. The highest BCUT2D eigenvalue weighted by Crippen LogP contribution is 2.16. The monoisotopic (exact) mass is 365 g/mol. The van der Waals surface area contributed by atoms with E-state index in [4.69, 9.17) is 0 Å². The fourth-order valence-corrected chi connectivity index (χ4v) is 3.09. The van der Waals surface area contributed by atoms with Crippen molar-refractivity contribution in [2.45, 2.75) is 25.8 Å². The molecule has 0 aliphatic carbocycles. The van der Waals surface area contributed by atoms with E-state index in [0.29, 0.717) is 30.6 Å². The number of carbonyl (C=O) groups excluding carboxylic acids is 3. The molecule has 0 bridgehead atoms. The SMILES string of the molecule is CNC(=O)Cc1ccc(NC(=O)c2cccc(CN3CCCC3=O)c2)cc1. The lowest BCUT2D eigenvalue weighted by molar-refractivity contribution is -0.128. The fourth-order valence-electron chi connectivity index (χ4n) is 3.09. The molecule has 6 nitrogen and oxygen atoms in total. The number of hydrogen-bond acceptors (Lipinski definition) is 3. The third-order valence-corrected chi connectivity index (χ3v) is 4.59. The van der Waals surface area contributed by atoms with Crippen LogP contribution in [0.5, 0.6) is 0 Å². The number of nitrogens with zero attached hydrogens (tertiary/aromatic N) is 1. The van der Waals surface area contributed by atoms with Crippen molar-refractivity contribution >= 4 is 23.4 Å². The predicted octanol–water partition coefficient (Wildman–Crippen LogP) is 2.35. The maximum Gasteiger partial charge on any atom is 0.255 e. The molecule has 2 aromatic rings. The number of carbonyl (C=O) groups is 3. The summed E-state index contributed by atoms with van der Waals surface area (Å²) >= 11 is 0. The molecule has 0 aromatic heterocycles. The molecule has 27 heavy (non-hydrogen) atoms. The van der Waals surface area contributed by atoms with E-state index in [1.54, 1.807) is 25.2 Å². The van der Waals surface area contributed by atoms with Crippen LogP contribution in [-0.4, -0.2) is 36.2 Å². The molecule has 1 fully saturated rings. The Kier molecular flexibility index (Phi) is 5.86. The molecule has 1 saturated heterocycles. The van der Waals surface area contributed by atoms with E-state index < -0.39 is 0 Å². The summed E-state index contributed by atoms with van der Waals surface area (Å²) in [6, 6.07) is 14.5. The number of amides is 3. The number of rotatable bonds is 6. The van der Waals surface area contributed by atoms with E-state index in [1.165, 1.54) is 0 Å². The first-order chi connectivity index (χ1) is 13.0. The zero-order valence-corrected chi connectivity index (χ0v) is 15.3. The van der Waals surface area contributed by atoms with Crippen molar-refractivity contribution in [3.05, 3.63) is 65.2 Å². The third-order valence-electron chi connectivity index (χ3n) is 4.59. The van der Waals surface area contributed by atoms with Gasteiger partial charge in [-0.1, -0.05) is 24.3 Å². The molecule has 1 heterocycles. The van der Waals surface area contributed by atoms with Gasteiger partial charge < -0.3 is 15.5 Å². The average Bonchev–Trinajstić information content (AvgIpc) is 3.08. The summed E-state index contributed by atoms with van der Waals surface area (Å²) in [5.74, 6) is -0.0922. The summed E-state index contributed by atoms with van der Waals surface area (Å²) in [4.78, 5) is 37.5. The minimum absolute atomic E-state index is 0.0555. The first-order valence-electron chi connectivity index (χ1n) is 9.03. The van der Waals surface area contributed by atoms with Crippen molar-refractivity contribution in [1.29, 1.82) is 0 Å². The summed E-state index contributed by atoms with van der Waals surface area (Å²) in [5, 5.41) is 5.44. The Hall–Kier alpha value is -3.15. The molecule has 140 valence electrons. The lowest BCUT2D eigenvalue weighted by atomic mass is 10.1. The van der Waals surface area contributed by atoms with Gasteiger partial charge >= 0.3 is 0 Å². The largest absolute Gasteiger partial charge is 0.359 e. The number of hydrogen-bond donors (Lipinski definition) is 2. The maximum absolute atomic E-state index is 12.5. The van der Waals surface area contributed by atoms with Gasteiger partial charge in [0.1, 0.15) is 0 Å². The Bertz CT molecular complexity index is 846. The smallest absolute Gasteiger partial charge is 0.255 e. The number of benzene rings is 2. The normalized spacial score (nSPS) is 13.5. The minimum Gasteiger partial charge on any atom is -0.359 e. The van der Waals surface area contributed by atoms with Crippen LogP contribution in [0.3, 0.4) is 0 Å². The molecule has 1 aliphatic rings. The predicted molar refractivity (Wildman–Crippen MR) is 103 cm³/mol.